The van der Waals surface area contributed by atoms with E-state index in [1.54, 1.807) is 49.4 Å². The van der Waals surface area contributed by atoms with Crippen LogP contribution in [0.15, 0.2) is 54.7 Å². The molecule has 1 N–H and O–H groups in total. The van der Waals surface area contributed by atoms with Gasteiger partial charge in [-0.05, 0) is 25.1 Å². The first-order valence-corrected chi connectivity index (χ1v) is 12.1. The minimum absolute atomic E-state index is 0.182. The Hall–Kier alpha value is -3.51. The Balaban J connectivity index is 1.35. The van der Waals surface area contributed by atoms with Crippen LogP contribution in [0.3, 0.4) is 0 Å². The number of aliphatic hydroxyl groups is 1. The maximum atomic E-state index is 13.9. The number of benzene rings is 2. The van der Waals surface area contributed by atoms with Crippen LogP contribution in [0.5, 0.6) is 5.88 Å². The molecule has 2 amide bonds. The number of nitrogens with zero attached hydrogens (tertiary/aromatic N) is 3. The minimum atomic E-state index is -1.19. The van der Waals surface area contributed by atoms with Gasteiger partial charge >= 0.3 is 0 Å². The van der Waals surface area contributed by atoms with Crippen LogP contribution in [0.4, 0.5) is 5.69 Å². The molecular weight excluding hydrogens is 482 g/mol. The predicted octanol–water partition coefficient (Wildman–Crippen LogP) is 3.63. The summed E-state index contributed by atoms with van der Waals surface area (Å²) in [6.07, 6.45) is 1.10. The van der Waals surface area contributed by atoms with Gasteiger partial charge in [-0.3, -0.25) is 9.59 Å². The van der Waals surface area contributed by atoms with Gasteiger partial charge in [0.25, 0.3) is 0 Å². The zero-order valence-corrected chi connectivity index (χ0v) is 20.1. The highest BCUT2D eigenvalue weighted by Crippen LogP contribution is 2.62. The number of fused-ring (bicyclic) bond motifs is 6. The van der Waals surface area contributed by atoms with E-state index in [1.807, 2.05) is 6.07 Å². The van der Waals surface area contributed by atoms with E-state index in [1.165, 1.54) is 11.1 Å². The number of ether oxygens (including phenoxy) is 2. The number of imide groups is 1. The second-order valence-electron chi connectivity index (χ2n) is 9.74. The van der Waals surface area contributed by atoms with Gasteiger partial charge in [-0.2, -0.15) is 5.26 Å². The monoisotopic (exact) mass is 503 g/mol. The largest absolute Gasteiger partial charge is 0.478 e. The van der Waals surface area contributed by atoms with Crippen molar-refractivity contribution >= 4 is 39.9 Å². The standard InChI is InChI=1S/C27H22ClN3O5/c1-26-20(32)12-27(36-26,10-11-35-21-9-7-16(28)14-30-21)23-22(26)24(33)31(25(23)34)19-8-6-15(13-29)17-4-2-3-5-18(17)19/h2-9,14,20,22-23,32H,10-12H2,1H3. The van der Waals surface area contributed by atoms with Crippen LogP contribution in [0.25, 0.3) is 10.8 Å². The second-order valence-corrected chi connectivity index (χ2v) is 10.2. The number of pyridine rings is 1. The molecule has 6 rings (SSSR count). The van der Waals surface area contributed by atoms with Gasteiger partial charge in [-0.15, -0.1) is 0 Å². The summed E-state index contributed by atoms with van der Waals surface area (Å²) >= 11 is 5.88. The van der Waals surface area contributed by atoms with Crippen LogP contribution < -0.4 is 9.64 Å². The fourth-order valence-corrected chi connectivity index (χ4v) is 6.33. The van der Waals surface area contributed by atoms with E-state index in [0.29, 0.717) is 39.3 Å². The number of anilines is 1. The molecule has 3 saturated heterocycles. The van der Waals surface area contributed by atoms with Crippen molar-refractivity contribution in [2.75, 3.05) is 11.5 Å². The number of hydrogen-bond donors (Lipinski definition) is 1. The number of aromatic nitrogens is 1. The molecule has 36 heavy (non-hydrogen) atoms. The average Bonchev–Trinajstić information content (AvgIpc) is 3.41. The number of hydrogen-bond acceptors (Lipinski definition) is 7. The maximum absolute atomic E-state index is 13.9. The molecule has 0 saturated carbocycles. The van der Waals surface area contributed by atoms with Crippen LogP contribution in [0.2, 0.25) is 5.02 Å². The fourth-order valence-electron chi connectivity index (χ4n) is 6.21. The minimum Gasteiger partial charge on any atom is -0.478 e. The van der Waals surface area contributed by atoms with Gasteiger partial charge < -0.3 is 14.6 Å². The molecule has 0 radical (unpaired) electrons. The summed E-state index contributed by atoms with van der Waals surface area (Å²) in [6, 6.07) is 15.9. The first kappa shape index (κ1) is 22.9. The molecule has 3 aliphatic rings. The fraction of sp³-hybridized carbons (Fsp3) is 0.333. The van der Waals surface area contributed by atoms with Crippen LogP contribution in [0, 0.1) is 23.2 Å². The molecule has 0 spiro atoms. The number of carbonyl (C=O) groups excluding carboxylic acids is 2. The highest BCUT2D eigenvalue weighted by molar-refractivity contribution is 6.30. The molecule has 0 aliphatic carbocycles. The summed E-state index contributed by atoms with van der Waals surface area (Å²) in [5.74, 6) is -1.96. The Morgan fingerprint density at radius 2 is 1.92 bits per heavy atom. The smallest absolute Gasteiger partial charge is 0.240 e. The van der Waals surface area contributed by atoms with E-state index in [9.17, 15) is 20.0 Å². The Kier molecular flexibility index (Phi) is 5.09. The molecule has 1 aromatic heterocycles. The van der Waals surface area contributed by atoms with E-state index < -0.39 is 35.0 Å². The van der Waals surface area contributed by atoms with Gasteiger partial charge in [0.1, 0.15) is 5.60 Å². The molecule has 4 heterocycles. The third-order valence-corrected chi connectivity index (χ3v) is 8.08. The molecule has 3 aliphatic heterocycles. The molecule has 5 atom stereocenters. The Morgan fingerprint density at radius 3 is 2.64 bits per heavy atom. The van der Waals surface area contributed by atoms with Gasteiger partial charge in [-0.1, -0.05) is 35.9 Å². The summed E-state index contributed by atoms with van der Waals surface area (Å²) in [4.78, 5) is 33.1. The van der Waals surface area contributed by atoms with Crippen LogP contribution in [-0.4, -0.2) is 45.8 Å². The van der Waals surface area contributed by atoms with Crippen molar-refractivity contribution in [1.29, 1.82) is 5.26 Å². The zero-order chi connectivity index (χ0) is 25.2. The van der Waals surface area contributed by atoms with Crippen molar-refractivity contribution < 1.29 is 24.2 Å². The highest BCUT2D eigenvalue weighted by atomic mass is 35.5. The number of amides is 2. The summed E-state index contributed by atoms with van der Waals surface area (Å²) in [6.45, 7) is 1.89. The number of rotatable bonds is 5. The summed E-state index contributed by atoms with van der Waals surface area (Å²) in [5, 5.41) is 22.2. The first-order valence-electron chi connectivity index (χ1n) is 11.7. The Bertz CT molecular complexity index is 1450. The second kappa shape index (κ2) is 8.00. The predicted molar refractivity (Wildman–Crippen MR) is 130 cm³/mol. The molecule has 8 nitrogen and oxygen atoms in total. The molecule has 9 heteroatoms. The third-order valence-electron chi connectivity index (χ3n) is 7.85. The SMILES string of the molecule is CC12OC(CCOc3ccc(Cl)cn3)(CC1O)C1C(=O)N(c3ccc(C#N)c4ccccc34)C(=O)C12. The molecule has 3 fully saturated rings. The summed E-state index contributed by atoms with van der Waals surface area (Å²) in [5.41, 5.74) is -1.34. The van der Waals surface area contributed by atoms with E-state index in [2.05, 4.69) is 11.1 Å². The molecule has 3 aromatic rings. The highest BCUT2D eigenvalue weighted by Gasteiger charge is 2.77. The maximum Gasteiger partial charge on any atom is 0.240 e. The van der Waals surface area contributed by atoms with Crippen molar-refractivity contribution in [3.05, 3.63) is 65.3 Å². The Labute approximate surface area is 212 Å². The molecule has 5 unspecified atom stereocenters. The lowest BCUT2D eigenvalue weighted by Gasteiger charge is -2.33. The summed E-state index contributed by atoms with van der Waals surface area (Å²) in [7, 11) is 0. The van der Waals surface area contributed by atoms with Crippen LogP contribution in [-0.2, 0) is 14.3 Å². The quantitative estimate of drug-likeness (QED) is 0.529. The van der Waals surface area contributed by atoms with Gasteiger partial charge in [0.2, 0.25) is 17.7 Å². The lowest BCUT2D eigenvalue weighted by molar-refractivity contribution is -0.134. The number of halogens is 1. The normalized spacial score (nSPS) is 30.6. The van der Waals surface area contributed by atoms with Gasteiger partial charge in [0.05, 0.1) is 52.5 Å². The average molecular weight is 504 g/mol. The van der Waals surface area contributed by atoms with E-state index in [-0.39, 0.29) is 18.9 Å². The number of nitriles is 1. The number of carbonyl (C=O) groups is 2. The van der Waals surface area contributed by atoms with Crippen molar-refractivity contribution in [2.45, 2.75) is 37.1 Å². The van der Waals surface area contributed by atoms with E-state index >= 15 is 0 Å². The lowest BCUT2D eigenvalue weighted by atomic mass is 9.66. The van der Waals surface area contributed by atoms with E-state index in [4.69, 9.17) is 21.1 Å². The lowest BCUT2D eigenvalue weighted by Crippen LogP contribution is -2.49. The van der Waals surface area contributed by atoms with Crippen LogP contribution in [0.1, 0.15) is 25.3 Å². The van der Waals surface area contributed by atoms with Crippen molar-refractivity contribution in [2.24, 2.45) is 11.8 Å². The third kappa shape index (κ3) is 3.10. The first-order chi connectivity index (χ1) is 17.3. The molecular formula is C27H22ClN3O5. The van der Waals surface area contributed by atoms with E-state index in [0.717, 1.165) is 0 Å². The van der Waals surface area contributed by atoms with Gasteiger partial charge in [0, 0.05) is 35.9 Å². The van der Waals surface area contributed by atoms with Gasteiger partial charge in [-0.25, -0.2) is 9.88 Å². The molecule has 2 aromatic carbocycles. The summed E-state index contributed by atoms with van der Waals surface area (Å²) < 4.78 is 12.1. The van der Waals surface area contributed by atoms with Crippen LogP contribution >= 0.6 is 11.6 Å². The van der Waals surface area contributed by atoms with Gasteiger partial charge in [0.15, 0.2) is 0 Å². The van der Waals surface area contributed by atoms with Crippen molar-refractivity contribution in [1.82, 2.24) is 4.98 Å². The molecule has 182 valence electrons. The zero-order valence-electron chi connectivity index (χ0n) is 19.3. The topological polar surface area (TPSA) is 113 Å². The van der Waals surface area contributed by atoms with Crippen molar-refractivity contribution in [3.63, 3.8) is 0 Å². The molecule has 2 bridgehead atoms. The van der Waals surface area contributed by atoms with Crippen molar-refractivity contribution in [3.8, 4) is 11.9 Å². The number of aliphatic hydroxyl groups excluding tert-OH is 1. The Morgan fingerprint density at radius 1 is 1.17 bits per heavy atom.